The molecule has 0 aliphatic carbocycles. The molecule has 210 valence electrons. The van der Waals surface area contributed by atoms with Crippen molar-refractivity contribution in [2.75, 3.05) is 45.2 Å². The number of amides is 1. The normalized spacial score (nSPS) is 14.5. The van der Waals surface area contributed by atoms with Crippen molar-refractivity contribution in [3.63, 3.8) is 0 Å². The molecule has 0 N–H and O–H groups in total. The Morgan fingerprint density at radius 2 is 1.57 bits per heavy atom. The van der Waals surface area contributed by atoms with Crippen LogP contribution < -0.4 is 4.90 Å². The Balaban J connectivity index is 1.54. The third-order valence-corrected chi connectivity index (χ3v) is 8.89. The quantitative estimate of drug-likeness (QED) is 0.225. The van der Waals surface area contributed by atoms with Gasteiger partial charge in [-0.15, -0.1) is 0 Å². The fourth-order valence-corrected chi connectivity index (χ4v) is 6.03. The lowest BCUT2D eigenvalue weighted by molar-refractivity contribution is -0.151. The van der Waals surface area contributed by atoms with Gasteiger partial charge in [-0.3, -0.25) is 14.5 Å². The first-order chi connectivity index (χ1) is 19.1. The zero-order chi connectivity index (χ0) is 28.9. The van der Waals surface area contributed by atoms with Crippen LogP contribution in [0.15, 0.2) is 77.7 Å². The molecule has 4 rings (SSSR count). The molecule has 1 saturated heterocycles. The first kappa shape index (κ1) is 29.4. The summed E-state index contributed by atoms with van der Waals surface area (Å²) in [6, 6.07) is 19.5. The number of benzene rings is 3. The van der Waals surface area contributed by atoms with Gasteiger partial charge in [0.2, 0.25) is 10.0 Å². The summed E-state index contributed by atoms with van der Waals surface area (Å²) < 4.78 is 32.1. The molecule has 1 fully saturated rings. The van der Waals surface area contributed by atoms with E-state index in [1.54, 1.807) is 60.7 Å². The van der Waals surface area contributed by atoms with Gasteiger partial charge < -0.3 is 9.64 Å². The van der Waals surface area contributed by atoms with Crippen molar-refractivity contribution in [3.8, 4) is 0 Å². The first-order valence-corrected chi connectivity index (χ1v) is 14.5. The molecule has 1 aliphatic rings. The number of carbonyl (C=O) groups is 3. The number of Topliss-reactive ketones (excluding diaryl/α,β-unsaturated/α-hetero) is 1. The molecule has 0 saturated carbocycles. The van der Waals surface area contributed by atoms with Gasteiger partial charge in [-0.05, 0) is 61.5 Å². The van der Waals surface area contributed by atoms with E-state index in [0.717, 1.165) is 17.6 Å². The van der Waals surface area contributed by atoms with Crippen molar-refractivity contribution in [1.29, 1.82) is 0 Å². The zero-order valence-electron chi connectivity index (χ0n) is 22.2. The summed E-state index contributed by atoms with van der Waals surface area (Å²) in [6.45, 7) is 2.24. The van der Waals surface area contributed by atoms with E-state index >= 15 is 0 Å². The van der Waals surface area contributed by atoms with E-state index in [-0.39, 0.29) is 33.4 Å². The summed E-state index contributed by atoms with van der Waals surface area (Å²) in [6.07, 6.45) is 0.417. The van der Waals surface area contributed by atoms with E-state index in [4.69, 9.17) is 11.6 Å². The number of rotatable bonds is 8. The number of anilines is 2. The highest BCUT2D eigenvalue weighted by Crippen LogP contribution is 2.33. The third kappa shape index (κ3) is 6.59. The Labute approximate surface area is 238 Å². The Hall–Kier alpha value is -3.57. The monoisotopic (exact) mass is 583 g/mol. The number of piperazine rings is 1. The number of hydrogen-bond donors (Lipinski definition) is 0. The van der Waals surface area contributed by atoms with Crippen molar-refractivity contribution in [2.45, 2.75) is 17.7 Å². The lowest BCUT2D eigenvalue weighted by Gasteiger charge is -2.31. The SMILES string of the molecule is COC(=O)C(=O)N(c1ccccc1)c1cc(Cl)ccc1C(=O)CCc1ccc(S(=O)(=O)N2CCN(C)CC2)cc1. The predicted octanol–water partition coefficient (Wildman–Crippen LogP) is 3.93. The standard InChI is InChI=1S/C29H30ClN3O6S/c1-31-16-18-32(19-17-31)40(37,38)24-12-8-21(9-13-24)10-15-27(34)25-14-11-22(30)20-26(25)33(28(35)29(36)39-2)23-6-4-3-5-7-23/h3-9,11-14,20H,10,15-19H2,1-2H3. The Kier molecular flexibility index (Phi) is 9.36. The molecule has 0 atom stereocenters. The number of halogens is 1. The highest BCUT2D eigenvalue weighted by Gasteiger charge is 2.30. The maximum Gasteiger partial charge on any atom is 0.397 e. The number of para-hydroxylation sites is 1. The van der Waals surface area contributed by atoms with E-state index in [2.05, 4.69) is 9.64 Å². The molecule has 3 aromatic rings. The van der Waals surface area contributed by atoms with Crippen LogP contribution in [-0.2, 0) is 30.8 Å². The average molecular weight is 584 g/mol. The number of methoxy groups -OCH3 is 1. The van der Waals surface area contributed by atoms with Crippen LogP contribution >= 0.6 is 11.6 Å². The minimum atomic E-state index is -3.59. The number of sulfonamides is 1. The maximum absolute atomic E-state index is 13.4. The Morgan fingerprint density at radius 3 is 2.20 bits per heavy atom. The number of ketones is 1. The maximum atomic E-state index is 13.4. The summed E-state index contributed by atoms with van der Waals surface area (Å²) in [5, 5.41) is 0.280. The van der Waals surface area contributed by atoms with E-state index in [9.17, 15) is 22.8 Å². The molecule has 1 heterocycles. The Bertz CT molecular complexity index is 1490. The molecular formula is C29H30ClN3O6S. The first-order valence-electron chi connectivity index (χ1n) is 12.7. The highest BCUT2D eigenvalue weighted by atomic mass is 35.5. The number of carbonyl (C=O) groups excluding carboxylic acids is 3. The van der Waals surface area contributed by atoms with Crippen LogP contribution in [0.25, 0.3) is 0 Å². The van der Waals surface area contributed by atoms with E-state index < -0.39 is 21.9 Å². The van der Waals surface area contributed by atoms with Gasteiger partial charge in [-0.2, -0.15) is 4.31 Å². The molecule has 1 amide bonds. The van der Waals surface area contributed by atoms with Crippen molar-refractivity contribution in [1.82, 2.24) is 9.21 Å². The van der Waals surface area contributed by atoms with Gasteiger partial charge in [0.25, 0.3) is 0 Å². The predicted molar refractivity (Wildman–Crippen MR) is 152 cm³/mol. The average Bonchev–Trinajstić information content (AvgIpc) is 2.96. The third-order valence-electron chi connectivity index (χ3n) is 6.74. The number of ether oxygens (including phenoxy) is 1. The van der Waals surface area contributed by atoms with Gasteiger partial charge >= 0.3 is 11.9 Å². The summed E-state index contributed by atoms with van der Waals surface area (Å²) >= 11 is 6.24. The van der Waals surface area contributed by atoms with Crippen molar-refractivity contribution in [3.05, 3.63) is 88.9 Å². The number of aryl methyl sites for hydroxylation is 1. The fraction of sp³-hybridized carbons (Fsp3) is 0.276. The van der Waals surface area contributed by atoms with Crippen LogP contribution in [0, 0.1) is 0 Å². The molecule has 0 unspecified atom stereocenters. The molecule has 0 radical (unpaired) electrons. The van der Waals surface area contributed by atoms with Crippen molar-refractivity contribution in [2.24, 2.45) is 0 Å². The number of hydrogen-bond acceptors (Lipinski definition) is 7. The van der Waals surface area contributed by atoms with Gasteiger partial charge in [0.15, 0.2) is 5.78 Å². The molecule has 0 bridgehead atoms. The fourth-order valence-electron chi connectivity index (χ4n) is 4.45. The number of esters is 1. The summed E-state index contributed by atoms with van der Waals surface area (Å²) in [5.41, 5.74) is 1.52. The van der Waals surface area contributed by atoms with Crippen molar-refractivity contribution >= 4 is 50.7 Å². The number of nitrogens with zero attached hydrogens (tertiary/aromatic N) is 3. The van der Waals surface area contributed by atoms with Crippen LogP contribution in [-0.4, -0.2) is 75.6 Å². The summed E-state index contributed by atoms with van der Waals surface area (Å²) in [4.78, 5) is 42.1. The van der Waals surface area contributed by atoms with Crippen LogP contribution in [0.3, 0.4) is 0 Å². The Morgan fingerprint density at radius 1 is 0.925 bits per heavy atom. The minimum Gasteiger partial charge on any atom is -0.462 e. The van der Waals surface area contributed by atoms with Gasteiger partial charge in [0.1, 0.15) is 0 Å². The van der Waals surface area contributed by atoms with E-state index in [1.807, 2.05) is 7.05 Å². The van der Waals surface area contributed by atoms with Crippen LogP contribution in [0.4, 0.5) is 11.4 Å². The highest BCUT2D eigenvalue weighted by molar-refractivity contribution is 7.89. The summed E-state index contributed by atoms with van der Waals surface area (Å²) in [5.74, 6) is -2.34. The van der Waals surface area contributed by atoms with Gasteiger partial charge in [-0.1, -0.05) is 41.9 Å². The second-order valence-corrected chi connectivity index (χ2v) is 11.8. The second kappa shape index (κ2) is 12.7. The minimum absolute atomic E-state index is 0.0776. The topological polar surface area (TPSA) is 104 Å². The van der Waals surface area contributed by atoms with E-state index in [0.29, 0.717) is 38.3 Å². The lowest BCUT2D eigenvalue weighted by Crippen LogP contribution is -2.46. The van der Waals surface area contributed by atoms with Gasteiger partial charge in [-0.25, -0.2) is 13.2 Å². The molecular weight excluding hydrogens is 554 g/mol. The van der Waals surface area contributed by atoms with Gasteiger partial charge in [0.05, 0.1) is 17.7 Å². The molecule has 40 heavy (non-hydrogen) atoms. The largest absolute Gasteiger partial charge is 0.462 e. The van der Waals surface area contributed by atoms with E-state index in [1.165, 1.54) is 16.4 Å². The molecule has 0 spiro atoms. The van der Waals surface area contributed by atoms with Gasteiger partial charge in [0, 0.05) is 48.9 Å². The molecule has 0 aromatic heterocycles. The number of likely N-dealkylation sites (N-methyl/N-ethyl adjacent to an activating group) is 1. The summed E-state index contributed by atoms with van der Waals surface area (Å²) in [7, 11) is -0.520. The van der Waals surface area contributed by atoms with Crippen LogP contribution in [0.5, 0.6) is 0 Å². The molecule has 9 nitrogen and oxygen atoms in total. The van der Waals surface area contributed by atoms with Crippen molar-refractivity contribution < 1.29 is 27.5 Å². The smallest absolute Gasteiger partial charge is 0.397 e. The lowest BCUT2D eigenvalue weighted by atomic mass is 10.0. The second-order valence-electron chi connectivity index (χ2n) is 9.40. The van der Waals surface area contributed by atoms with Crippen LogP contribution in [0.1, 0.15) is 22.3 Å². The molecule has 11 heteroatoms. The molecule has 3 aromatic carbocycles. The molecule has 1 aliphatic heterocycles. The van der Waals surface area contributed by atoms with Crippen LogP contribution in [0.2, 0.25) is 5.02 Å². The zero-order valence-corrected chi connectivity index (χ0v) is 23.8.